The second kappa shape index (κ2) is 6.86. The van der Waals surface area contributed by atoms with E-state index in [0.29, 0.717) is 0 Å². The summed E-state index contributed by atoms with van der Waals surface area (Å²) in [5.74, 6) is 0.476. The highest BCUT2D eigenvalue weighted by atomic mass is 32.1. The molecule has 1 aromatic carbocycles. The Bertz CT molecular complexity index is 586. The van der Waals surface area contributed by atoms with Crippen LogP contribution in [0.25, 0.3) is 0 Å². The number of carbonyl (C=O) groups excluding carboxylic acids is 1. The van der Waals surface area contributed by atoms with Crippen LogP contribution in [0.3, 0.4) is 0 Å². The molecule has 20 heavy (non-hydrogen) atoms. The number of nitrogens with one attached hydrogen (secondary N) is 1. The molecule has 1 heterocycles. The number of nitrogens with zero attached hydrogens (tertiary/aromatic N) is 1. The molecular weight excluding hydrogens is 272 g/mol. The molecule has 2 aromatic rings. The molecule has 5 heteroatoms. The fraction of sp³-hybridized carbons (Fsp3) is 0.200. The Labute approximate surface area is 122 Å². The Hall–Kier alpha value is -2.14. The lowest BCUT2D eigenvalue weighted by molar-refractivity contribution is -0.123. The summed E-state index contributed by atoms with van der Waals surface area (Å²) in [4.78, 5) is 11.6. The van der Waals surface area contributed by atoms with E-state index >= 15 is 0 Å². The predicted octanol–water partition coefficient (Wildman–Crippen LogP) is 2.89. The van der Waals surface area contributed by atoms with E-state index in [2.05, 4.69) is 10.5 Å². The summed E-state index contributed by atoms with van der Waals surface area (Å²) in [7, 11) is 0. The van der Waals surface area contributed by atoms with Crippen LogP contribution in [0.1, 0.15) is 16.7 Å². The molecular formula is C15H16N2O2S. The number of hydrogen-bond acceptors (Lipinski definition) is 4. The third-order valence-corrected chi connectivity index (χ3v) is 3.40. The number of amides is 1. The lowest BCUT2D eigenvalue weighted by Crippen LogP contribution is -2.24. The smallest absolute Gasteiger partial charge is 0.277 e. The Morgan fingerprint density at radius 1 is 1.35 bits per heavy atom. The molecule has 0 fully saturated rings. The van der Waals surface area contributed by atoms with E-state index in [1.54, 1.807) is 17.6 Å². The molecule has 0 spiro atoms. The van der Waals surface area contributed by atoms with Crippen molar-refractivity contribution in [3.05, 3.63) is 51.7 Å². The van der Waals surface area contributed by atoms with Crippen molar-refractivity contribution in [3.8, 4) is 5.75 Å². The Morgan fingerprint density at radius 2 is 2.10 bits per heavy atom. The summed E-state index contributed by atoms with van der Waals surface area (Å²) in [6.07, 6.45) is 1.60. The highest BCUT2D eigenvalue weighted by Gasteiger charge is 2.06. The zero-order valence-electron chi connectivity index (χ0n) is 11.4. The Balaban J connectivity index is 1.83. The number of rotatable bonds is 5. The van der Waals surface area contributed by atoms with Crippen LogP contribution in [-0.4, -0.2) is 18.7 Å². The first kappa shape index (κ1) is 14.3. The zero-order chi connectivity index (χ0) is 14.4. The first-order valence-corrected chi connectivity index (χ1v) is 7.14. The van der Waals surface area contributed by atoms with Crippen molar-refractivity contribution in [3.63, 3.8) is 0 Å². The number of ether oxygens (including phenoxy) is 1. The monoisotopic (exact) mass is 288 g/mol. The Morgan fingerprint density at radius 3 is 2.75 bits per heavy atom. The van der Waals surface area contributed by atoms with Gasteiger partial charge in [-0.3, -0.25) is 4.79 Å². The summed E-state index contributed by atoms with van der Waals surface area (Å²) in [6.45, 7) is 3.86. The maximum Gasteiger partial charge on any atom is 0.277 e. The van der Waals surface area contributed by atoms with Gasteiger partial charge in [-0.15, -0.1) is 0 Å². The van der Waals surface area contributed by atoms with E-state index in [4.69, 9.17) is 4.74 Å². The van der Waals surface area contributed by atoms with Crippen molar-refractivity contribution in [2.24, 2.45) is 5.10 Å². The van der Waals surface area contributed by atoms with Gasteiger partial charge >= 0.3 is 0 Å². The number of para-hydroxylation sites is 1. The molecule has 0 bridgehead atoms. The van der Waals surface area contributed by atoms with Crippen molar-refractivity contribution in [2.75, 3.05) is 6.61 Å². The van der Waals surface area contributed by atoms with Crippen LogP contribution < -0.4 is 10.2 Å². The lowest BCUT2D eigenvalue weighted by atomic mass is 10.1. The summed E-state index contributed by atoms with van der Waals surface area (Å²) in [6, 6.07) is 7.79. The minimum absolute atomic E-state index is 0.0489. The van der Waals surface area contributed by atoms with E-state index < -0.39 is 0 Å². The molecule has 0 unspecified atom stereocenters. The molecule has 4 nitrogen and oxygen atoms in total. The summed E-state index contributed by atoms with van der Waals surface area (Å²) in [5, 5.41) is 7.77. The highest BCUT2D eigenvalue weighted by Crippen LogP contribution is 2.21. The quantitative estimate of drug-likeness (QED) is 0.679. The number of benzene rings is 1. The van der Waals surface area contributed by atoms with Gasteiger partial charge in [0, 0.05) is 5.56 Å². The minimum atomic E-state index is -0.279. The molecule has 0 saturated heterocycles. The first-order chi connectivity index (χ1) is 9.66. The van der Waals surface area contributed by atoms with Gasteiger partial charge in [0.05, 0.1) is 6.21 Å². The second-order valence-electron chi connectivity index (χ2n) is 4.36. The van der Waals surface area contributed by atoms with Crippen LogP contribution in [-0.2, 0) is 4.79 Å². The molecule has 0 aliphatic carbocycles. The lowest BCUT2D eigenvalue weighted by Gasteiger charge is -2.10. The average molecular weight is 288 g/mol. The van der Waals surface area contributed by atoms with Crippen LogP contribution in [0.2, 0.25) is 0 Å². The third kappa shape index (κ3) is 3.93. The van der Waals surface area contributed by atoms with Gasteiger partial charge in [-0.05, 0) is 41.8 Å². The van der Waals surface area contributed by atoms with E-state index in [9.17, 15) is 4.79 Å². The van der Waals surface area contributed by atoms with E-state index in [1.165, 1.54) is 0 Å². The van der Waals surface area contributed by atoms with Crippen LogP contribution in [0.15, 0.2) is 40.1 Å². The summed E-state index contributed by atoms with van der Waals surface area (Å²) >= 11 is 1.58. The van der Waals surface area contributed by atoms with Crippen molar-refractivity contribution >= 4 is 23.5 Å². The van der Waals surface area contributed by atoms with Gasteiger partial charge in [0.1, 0.15) is 5.75 Å². The third-order valence-electron chi connectivity index (χ3n) is 2.70. The molecule has 2 rings (SSSR count). The second-order valence-corrected chi connectivity index (χ2v) is 5.14. The molecule has 1 N–H and O–H groups in total. The molecule has 0 radical (unpaired) electrons. The summed E-state index contributed by atoms with van der Waals surface area (Å²) < 4.78 is 5.53. The molecule has 1 aromatic heterocycles. The van der Waals surface area contributed by atoms with Gasteiger partial charge in [0.2, 0.25) is 0 Å². The molecule has 0 atom stereocenters. The summed E-state index contributed by atoms with van der Waals surface area (Å²) in [5.41, 5.74) is 5.43. The average Bonchev–Trinajstić information content (AvgIpc) is 2.91. The number of aryl methyl sites for hydroxylation is 2. The van der Waals surface area contributed by atoms with Crippen LogP contribution in [0.5, 0.6) is 5.75 Å². The van der Waals surface area contributed by atoms with Gasteiger partial charge in [0.25, 0.3) is 5.91 Å². The molecule has 0 saturated carbocycles. The zero-order valence-corrected chi connectivity index (χ0v) is 12.2. The van der Waals surface area contributed by atoms with Gasteiger partial charge in [-0.25, -0.2) is 5.43 Å². The standard InChI is InChI=1S/C15H16N2O2S/c1-11-4-3-5-12(2)15(11)19-9-14(18)17-16-8-13-6-7-20-10-13/h3-8,10H,9H2,1-2H3,(H,17,18)/b16-8+. The van der Waals surface area contributed by atoms with Crippen LogP contribution in [0.4, 0.5) is 0 Å². The fourth-order valence-electron chi connectivity index (χ4n) is 1.72. The number of carbonyl (C=O) groups is 1. The van der Waals surface area contributed by atoms with E-state index in [0.717, 1.165) is 22.4 Å². The molecule has 0 aliphatic heterocycles. The minimum Gasteiger partial charge on any atom is -0.483 e. The van der Waals surface area contributed by atoms with Gasteiger partial charge < -0.3 is 4.74 Å². The number of hydrazone groups is 1. The molecule has 1 amide bonds. The predicted molar refractivity (Wildman–Crippen MR) is 81.5 cm³/mol. The van der Waals surface area contributed by atoms with Crippen molar-refractivity contribution in [2.45, 2.75) is 13.8 Å². The number of thiophene rings is 1. The fourth-order valence-corrected chi connectivity index (χ4v) is 2.33. The normalized spacial score (nSPS) is 10.7. The maximum atomic E-state index is 11.6. The van der Waals surface area contributed by atoms with Crippen molar-refractivity contribution < 1.29 is 9.53 Å². The van der Waals surface area contributed by atoms with Crippen molar-refractivity contribution in [1.82, 2.24) is 5.43 Å². The van der Waals surface area contributed by atoms with Gasteiger partial charge in [-0.2, -0.15) is 16.4 Å². The maximum absolute atomic E-state index is 11.6. The molecule has 104 valence electrons. The van der Waals surface area contributed by atoms with E-state index in [-0.39, 0.29) is 12.5 Å². The van der Waals surface area contributed by atoms with Crippen LogP contribution in [0, 0.1) is 13.8 Å². The SMILES string of the molecule is Cc1cccc(C)c1OCC(=O)N/N=C/c1ccsc1. The topological polar surface area (TPSA) is 50.7 Å². The van der Waals surface area contributed by atoms with Crippen LogP contribution >= 0.6 is 11.3 Å². The van der Waals surface area contributed by atoms with E-state index in [1.807, 2.05) is 48.9 Å². The van der Waals surface area contributed by atoms with Gasteiger partial charge in [-0.1, -0.05) is 18.2 Å². The van der Waals surface area contributed by atoms with Gasteiger partial charge in [0.15, 0.2) is 6.61 Å². The first-order valence-electron chi connectivity index (χ1n) is 6.20. The number of hydrogen-bond donors (Lipinski definition) is 1. The molecule has 0 aliphatic rings. The highest BCUT2D eigenvalue weighted by molar-refractivity contribution is 7.08. The van der Waals surface area contributed by atoms with Crippen molar-refractivity contribution in [1.29, 1.82) is 0 Å². The largest absolute Gasteiger partial charge is 0.483 e. The Kier molecular flexibility index (Phi) is 4.90.